The van der Waals surface area contributed by atoms with Gasteiger partial charge in [0, 0.05) is 11.3 Å². The van der Waals surface area contributed by atoms with Gasteiger partial charge in [0.1, 0.15) is 12.4 Å². The van der Waals surface area contributed by atoms with Crippen molar-refractivity contribution in [3.05, 3.63) is 60.2 Å². The fraction of sp³-hybridized carbons (Fsp3) is 0.222. The van der Waals surface area contributed by atoms with Crippen LogP contribution in [0.4, 0.5) is 0 Å². The van der Waals surface area contributed by atoms with Gasteiger partial charge in [0.15, 0.2) is 5.78 Å². The number of aliphatic hydroxyl groups is 1. The molecule has 0 aliphatic heterocycles. The Bertz CT molecular complexity index is 870. The summed E-state index contributed by atoms with van der Waals surface area (Å²) in [6, 6.07) is 16.4. The standard InChI is InChI=1S/C18H18N4O3S/c1-13(23)14-6-5-9-17(10-14)25-11-16(24)12-26-18-19-20-21-22(18)15-7-3-2-4-8-15/h2-10,16,24H,11-12H2,1H3/t16-/m1/s1. The second-order valence-electron chi connectivity index (χ2n) is 5.57. The van der Waals surface area contributed by atoms with E-state index in [1.165, 1.54) is 18.7 Å². The molecule has 0 saturated carbocycles. The molecule has 1 aromatic heterocycles. The third-order valence-electron chi connectivity index (χ3n) is 3.53. The molecule has 0 unspecified atom stereocenters. The van der Waals surface area contributed by atoms with Crippen molar-refractivity contribution >= 4 is 17.5 Å². The molecule has 1 atom stereocenters. The van der Waals surface area contributed by atoms with Crippen molar-refractivity contribution in [2.24, 2.45) is 0 Å². The summed E-state index contributed by atoms with van der Waals surface area (Å²) in [4.78, 5) is 11.4. The van der Waals surface area contributed by atoms with Crippen molar-refractivity contribution in [3.8, 4) is 11.4 Å². The second-order valence-corrected chi connectivity index (χ2v) is 6.56. The van der Waals surface area contributed by atoms with Crippen LogP contribution in [0.1, 0.15) is 17.3 Å². The topological polar surface area (TPSA) is 90.1 Å². The number of para-hydroxylation sites is 1. The number of hydrogen-bond donors (Lipinski definition) is 1. The van der Waals surface area contributed by atoms with E-state index in [-0.39, 0.29) is 12.4 Å². The lowest BCUT2D eigenvalue weighted by Crippen LogP contribution is -2.20. The largest absolute Gasteiger partial charge is 0.491 e. The van der Waals surface area contributed by atoms with Crippen LogP contribution < -0.4 is 4.74 Å². The van der Waals surface area contributed by atoms with Crippen molar-refractivity contribution in [1.82, 2.24) is 20.2 Å². The van der Waals surface area contributed by atoms with E-state index in [2.05, 4.69) is 15.5 Å². The summed E-state index contributed by atoms with van der Waals surface area (Å²) in [6.45, 7) is 1.61. The predicted molar refractivity (Wildman–Crippen MR) is 97.8 cm³/mol. The van der Waals surface area contributed by atoms with E-state index in [9.17, 15) is 9.90 Å². The van der Waals surface area contributed by atoms with E-state index in [0.29, 0.717) is 22.2 Å². The maximum absolute atomic E-state index is 11.4. The van der Waals surface area contributed by atoms with Crippen LogP contribution in [-0.4, -0.2) is 49.6 Å². The maximum Gasteiger partial charge on any atom is 0.214 e. The van der Waals surface area contributed by atoms with Crippen LogP contribution in [0, 0.1) is 0 Å². The van der Waals surface area contributed by atoms with Gasteiger partial charge in [-0.05, 0) is 41.6 Å². The Morgan fingerprint density at radius 2 is 2.04 bits per heavy atom. The zero-order chi connectivity index (χ0) is 18.4. The van der Waals surface area contributed by atoms with Gasteiger partial charge in [-0.25, -0.2) is 0 Å². The van der Waals surface area contributed by atoms with E-state index in [0.717, 1.165) is 5.69 Å². The van der Waals surface area contributed by atoms with Crippen molar-refractivity contribution in [1.29, 1.82) is 0 Å². The lowest BCUT2D eigenvalue weighted by molar-refractivity contribution is 0.101. The number of Topliss-reactive ketones (excluding diaryl/α,β-unsaturated/α-hetero) is 1. The van der Waals surface area contributed by atoms with Crippen LogP contribution in [0.25, 0.3) is 5.69 Å². The summed E-state index contributed by atoms with van der Waals surface area (Å²) in [5.41, 5.74) is 1.43. The molecule has 0 spiro atoms. The Labute approximate surface area is 155 Å². The molecule has 0 radical (unpaired) electrons. The number of ketones is 1. The average Bonchev–Trinajstić information content (AvgIpc) is 3.14. The molecular weight excluding hydrogens is 352 g/mol. The van der Waals surface area contributed by atoms with Crippen molar-refractivity contribution in [3.63, 3.8) is 0 Å². The van der Waals surface area contributed by atoms with Crippen LogP contribution >= 0.6 is 11.8 Å². The van der Waals surface area contributed by atoms with Gasteiger partial charge in [0.05, 0.1) is 11.8 Å². The quantitative estimate of drug-likeness (QED) is 0.481. The Morgan fingerprint density at radius 3 is 2.81 bits per heavy atom. The average molecular weight is 370 g/mol. The first kappa shape index (κ1) is 18.1. The summed E-state index contributed by atoms with van der Waals surface area (Å²) in [7, 11) is 0. The number of aromatic nitrogens is 4. The molecule has 8 heteroatoms. The molecular formula is C18H18N4O3S. The lowest BCUT2D eigenvalue weighted by Gasteiger charge is -2.12. The van der Waals surface area contributed by atoms with Crippen LogP contribution in [-0.2, 0) is 0 Å². The molecule has 134 valence electrons. The SMILES string of the molecule is CC(=O)c1cccc(OC[C@@H](O)CSc2nnnn2-c2ccccc2)c1. The van der Waals surface area contributed by atoms with Crippen molar-refractivity contribution in [2.75, 3.05) is 12.4 Å². The molecule has 1 heterocycles. The number of ether oxygens (including phenoxy) is 1. The summed E-state index contributed by atoms with van der Waals surface area (Å²) < 4.78 is 7.19. The van der Waals surface area contributed by atoms with Gasteiger partial charge in [-0.3, -0.25) is 4.79 Å². The molecule has 3 aromatic rings. The highest BCUT2D eigenvalue weighted by atomic mass is 32.2. The van der Waals surface area contributed by atoms with E-state index in [1.807, 2.05) is 30.3 Å². The van der Waals surface area contributed by atoms with E-state index in [4.69, 9.17) is 4.74 Å². The van der Waals surface area contributed by atoms with Gasteiger partial charge in [-0.1, -0.05) is 42.1 Å². The van der Waals surface area contributed by atoms with Crippen LogP contribution in [0.3, 0.4) is 0 Å². The molecule has 0 aliphatic carbocycles. The minimum absolute atomic E-state index is 0.0284. The molecule has 7 nitrogen and oxygen atoms in total. The first-order valence-electron chi connectivity index (χ1n) is 8.02. The first-order chi connectivity index (χ1) is 12.6. The maximum atomic E-state index is 11.4. The number of tetrazole rings is 1. The summed E-state index contributed by atoms with van der Waals surface area (Å²) in [5, 5.41) is 22.4. The molecule has 2 aromatic carbocycles. The van der Waals surface area contributed by atoms with E-state index >= 15 is 0 Å². The highest BCUT2D eigenvalue weighted by Gasteiger charge is 2.13. The minimum Gasteiger partial charge on any atom is -0.491 e. The highest BCUT2D eigenvalue weighted by Crippen LogP contribution is 2.19. The number of hydrogen-bond acceptors (Lipinski definition) is 7. The Kier molecular flexibility index (Phi) is 5.98. The van der Waals surface area contributed by atoms with Gasteiger partial charge < -0.3 is 9.84 Å². The molecule has 0 amide bonds. The zero-order valence-electron chi connectivity index (χ0n) is 14.1. The predicted octanol–water partition coefficient (Wildman–Crippen LogP) is 2.40. The number of aliphatic hydroxyl groups excluding tert-OH is 1. The van der Waals surface area contributed by atoms with Gasteiger partial charge in [0.25, 0.3) is 0 Å². The van der Waals surface area contributed by atoms with Gasteiger partial charge in [-0.2, -0.15) is 4.68 Å². The molecule has 0 fully saturated rings. The van der Waals surface area contributed by atoms with Gasteiger partial charge in [0.2, 0.25) is 5.16 Å². The third-order valence-corrected chi connectivity index (χ3v) is 4.59. The molecule has 1 N–H and O–H groups in total. The van der Waals surface area contributed by atoms with Crippen molar-refractivity contribution in [2.45, 2.75) is 18.2 Å². The molecule has 0 saturated heterocycles. The smallest absolute Gasteiger partial charge is 0.214 e. The van der Waals surface area contributed by atoms with E-state index < -0.39 is 6.10 Å². The normalized spacial score (nSPS) is 11.9. The number of rotatable bonds is 8. The summed E-state index contributed by atoms with van der Waals surface area (Å²) in [5.74, 6) is 0.898. The monoisotopic (exact) mass is 370 g/mol. The lowest BCUT2D eigenvalue weighted by atomic mass is 10.1. The second kappa shape index (κ2) is 8.59. The van der Waals surface area contributed by atoms with Gasteiger partial charge >= 0.3 is 0 Å². The Hall–Kier alpha value is -2.71. The summed E-state index contributed by atoms with van der Waals surface area (Å²) >= 11 is 1.34. The first-order valence-corrected chi connectivity index (χ1v) is 9.00. The van der Waals surface area contributed by atoms with E-state index in [1.54, 1.807) is 28.9 Å². The fourth-order valence-corrected chi connectivity index (χ4v) is 3.01. The molecule has 0 aliphatic rings. The number of thioether (sulfide) groups is 1. The minimum atomic E-state index is -0.707. The molecule has 0 bridgehead atoms. The van der Waals surface area contributed by atoms with Crippen molar-refractivity contribution < 1.29 is 14.6 Å². The Morgan fingerprint density at radius 1 is 1.23 bits per heavy atom. The fourth-order valence-electron chi connectivity index (χ4n) is 2.22. The van der Waals surface area contributed by atoms with Crippen LogP contribution in [0.15, 0.2) is 59.8 Å². The van der Waals surface area contributed by atoms with Crippen LogP contribution in [0.2, 0.25) is 0 Å². The number of carbonyl (C=O) groups excluding carboxylic acids is 1. The Balaban J connectivity index is 1.54. The zero-order valence-corrected chi connectivity index (χ0v) is 15.0. The third kappa shape index (κ3) is 4.68. The number of nitrogens with zero attached hydrogens (tertiary/aromatic N) is 4. The number of carbonyl (C=O) groups is 1. The molecule has 3 rings (SSSR count). The van der Waals surface area contributed by atoms with Gasteiger partial charge in [-0.15, -0.1) is 5.10 Å². The molecule has 26 heavy (non-hydrogen) atoms. The summed E-state index contributed by atoms with van der Waals surface area (Å²) in [6.07, 6.45) is -0.707. The van der Waals surface area contributed by atoms with Crippen LogP contribution in [0.5, 0.6) is 5.75 Å². The highest BCUT2D eigenvalue weighted by molar-refractivity contribution is 7.99. The number of benzene rings is 2.